The van der Waals surface area contributed by atoms with Crippen molar-refractivity contribution in [2.45, 2.75) is 26.9 Å². The van der Waals surface area contributed by atoms with Gasteiger partial charge in [0, 0.05) is 17.0 Å². The predicted octanol–water partition coefficient (Wildman–Crippen LogP) is 3.76. The maximum atomic E-state index is 11.9. The van der Waals surface area contributed by atoms with Crippen molar-refractivity contribution in [2.75, 3.05) is 0 Å². The van der Waals surface area contributed by atoms with Crippen LogP contribution in [0.5, 0.6) is 0 Å². The van der Waals surface area contributed by atoms with Crippen LogP contribution in [0.4, 0.5) is 0 Å². The normalized spacial score (nSPS) is 10.9. The van der Waals surface area contributed by atoms with Crippen molar-refractivity contribution in [3.8, 4) is 0 Å². The number of hydrogen-bond donors (Lipinski definition) is 0. The molecule has 3 aromatic rings. The molecule has 1 aromatic carbocycles. The molecule has 3 rings (SSSR count). The number of thiophene rings is 1. The number of ether oxygens (including phenoxy) is 1. The van der Waals surface area contributed by atoms with Gasteiger partial charge in [-0.2, -0.15) is 11.3 Å². The van der Waals surface area contributed by atoms with Crippen molar-refractivity contribution >= 4 is 28.3 Å². The monoisotopic (exact) mass is 328 g/mol. The Morgan fingerprint density at radius 1 is 1.26 bits per heavy atom. The molecule has 4 nitrogen and oxygen atoms in total. The molecule has 0 unspecified atom stereocenters. The summed E-state index contributed by atoms with van der Waals surface area (Å²) in [7, 11) is 0. The summed E-state index contributed by atoms with van der Waals surface area (Å²) in [5.41, 5.74) is 3.69. The molecule has 0 amide bonds. The fraction of sp³-hybridized carbons (Fsp3) is 0.222. The predicted molar refractivity (Wildman–Crippen MR) is 89.8 cm³/mol. The van der Waals surface area contributed by atoms with Crippen molar-refractivity contribution in [1.82, 2.24) is 0 Å². The van der Waals surface area contributed by atoms with E-state index >= 15 is 0 Å². The van der Waals surface area contributed by atoms with E-state index < -0.39 is 5.63 Å². The van der Waals surface area contributed by atoms with E-state index in [4.69, 9.17) is 9.15 Å². The summed E-state index contributed by atoms with van der Waals surface area (Å²) >= 11 is 1.54. The Kier molecular flexibility index (Phi) is 4.30. The Labute approximate surface area is 137 Å². The van der Waals surface area contributed by atoms with Gasteiger partial charge in [0.25, 0.3) is 0 Å². The van der Waals surface area contributed by atoms with Gasteiger partial charge < -0.3 is 9.15 Å². The molecule has 0 saturated heterocycles. The minimum atomic E-state index is -0.435. The lowest BCUT2D eigenvalue weighted by Gasteiger charge is -2.09. The van der Waals surface area contributed by atoms with Crippen LogP contribution in [0.3, 0.4) is 0 Å². The van der Waals surface area contributed by atoms with Crippen LogP contribution < -0.4 is 5.63 Å². The van der Waals surface area contributed by atoms with Crippen LogP contribution >= 0.6 is 11.3 Å². The molecule has 0 aliphatic rings. The number of fused-ring (bicyclic) bond motifs is 1. The summed E-state index contributed by atoms with van der Waals surface area (Å²) in [6, 6.07) is 7.14. The molecule has 0 radical (unpaired) electrons. The minimum Gasteiger partial charge on any atom is -0.461 e. The molecule has 2 aromatic heterocycles. The van der Waals surface area contributed by atoms with E-state index in [-0.39, 0.29) is 19.0 Å². The molecule has 0 spiro atoms. The van der Waals surface area contributed by atoms with Crippen LogP contribution in [0.25, 0.3) is 11.0 Å². The van der Waals surface area contributed by atoms with E-state index in [0.29, 0.717) is 11.1 Å². The highest BCUT2D eigenvalue weighted by molar-refractivity contribution is 7.07. The zero-order valence-electron chi connectivity index (χ0n) is 12.9. The number of aryl methyl sites for hydroxylation is 2. The fourth-order valence-electron chi connectivity index (χ4n) is 2.41. The van der Waals surface area contributed by atoms with Crippen LogP contribution in [-0.2, 0) is 22.6 Å². The lowest BCUT2D eigenvalue weighted by Crippen LogP contribution is -2.09. The second kappa shape index (κ2) is 6.38. The van der Waals surface area contributed by atoms with Gasteiger partial charge in [0.1, 0.15) is 12.2 Å². The number of esters is 1. The van der Waals surface area contributed by atoms with Gasteiger partial charge in [-0.05, 0) is 47.4 Å². The van der Waals surface area contributed by atoms with Crippen molar-refractivity contribution < 1.29 is 13.9 Å². The van der Waals surface area contributed by atoms with Crippen LogP contribution in [-0.4, -0.2) is 5.97 Å². The highest BCUT2D eigenvalue weighted by atomic mass is 32.1. The molecule has 5 heteroatoms. The Hall–Kier alpha value is -2.40. The van der Waals surface area contributed by atoms with E-state index in [1.165, 1.54) is 6.07 Å². The van der Waals surface area contributed by atoms with Crippen LogP contribution in [0, 0.1) is 13.8 Å². The van der Waals surface area contributed by atoms with Gasteiger partial charge in [-0.25, -0.2) is 4.79 Å². The standard InChI is InChI=1S/C18H16O4S/c1-11-3-4-15-14(8-17(20)22-18(15)12(11)2)9-21-16(19)7-13-5-6-23-10-13/h3-6,8,10H,7,9H2,1-2H3. The average molecular weight is 328 g/mol. The second-order valence-electron chi connectivity index (χ2n) is 5.44. The SMILES string of the molecule is Cc1ccc2c(COC(=O)Cc3ccsc3)cc(=O)oc2c1C. The Morgan fingerprint density at radius 3 is 2.83 bits per heavy atom. The molecule has 23 heavy (non-hydrogen) atoms. The van der Waals surface area contributed by atoms with E-state index in [9.17, 15) is 9.59 Å². The molecule has 0 saturated carbocycles. The number of carbonyl (C=O) groups excluding carboxylic acids is 1. The first kappa shape index (κ1) is 15.5. The molecule has 0 bridgehead atoms. The number of carbonyl (C=O) groups is 1. The van der Waals surface area contributed by atoms with Crippen LogP contribution in [0.1, 0.15) is 22.3 Å². The van der Waals surface area contributed by atoms with Gasteiger partial charge >= 0.3 is 11.6 Å². The van der Waals surface area contributed by atoms with Crippen LogP contribution in [0.2, 0.25) is 0 Å². The minimum absolute atomic E-state index is 0.0631. The summed E-state index contributed by atoms with van der Waals surface area (Å²) in [4.78, 5) is 23.7. The summed E-state index contributed by atoms with van der Waals surface area (Å²) in [5.74, 6) is -0.311. The average Bonchev–Trinajstić information content (AvgIpc) is 3.02. The van der Waals surface area contributed by atoms with E-state index in [1.807, 2.05) is 42.8 Å². The van der Waals surface area contributed by atoms with Crippen molar-refractivity contribution in [1.29, 1.82) is 0 Å². The lowest BCUT2D eigenvalue weighted by molar-refractivity contribution is -0.144. The first-order valence-corrected chi connectivity index (χ1v) is 8.18. The van der Waals surface area contributed by atoms with Gasteiger partial charge in [0.2, 0.25) is 0 Å². The topological polar surface area (TPSA) is 56.5 Å². The summed E-state index contributed by atoms with van der Waals surface area (Å²) in [6.45, 7) is 3.93. The van der Waals surface area contributed by atoms with Crippen molar-refractivity contribution in [3.63, 3.8) is 0 Å². The van der Waals surface area contributed by atoms with E-state index in [2.05, 4.69) is 0 Å². The maximum Gasteiger partial charge on any atom is 0.336 e. The Bertz CT molecular complexity index is 907. The largest absolute Gasteiger partial charge is 0.461 e. The van der Waals surface area contributed by atoms with Gasteiger partial charge in [0.05, 0.1) is 6.42 Å². The van der Waals surface area contributed by atoms with E-state index in [1.54, 1.807) is 11.3 Å². The first-order chi connectivity index (χ1) is 11.0. The third-order valence-corrected chi connectivity index (χ3v) is 4.57. The first-order valence-electron chi connectivity index (χ1n) is 7.24. The molecule has 2 heterocycles. The van der Waals surface area contributed by atoms with Crippen molar-refractivity contribution in [2.24, 2.45) is 0 Å². The van der Waals surface area contributed by atoms with Gasteiger partial charge in [0.15, 0.2) is 0 Å². The highest BCUT2D eigenvalue weighted by Gasteiger charge is 2.12. The number of benzene rings is 1. The zero-order valence-corrected chi connectivity index (χ0v) is 13.7. The number of hydrogen-bond acceptors (Lipinski definition) is 5. The molecule has 0 atom stereocenters. The molecule has 0 fully saturated rings. The second-order valence-corrected chi connectivity index (χ2v) is 6.22. The van der Waals surface area contributed by atoms with Crippen molar-refractivity contribution in [3.05, 3.63) is 67.7 Å². The maximum absolute atomic E-state index is 11.9. The third kappa shape index (κ3) is 3.35. The van der Waals surface area contributed by atoms with Crippen LogP contribution in [0.15, 0.2) is 44.2 Å². The molecular formula is C18H16O4S. The molecule has 0 aliphatic heterocycles. The molecule has 0 aliphatic carbocycles. The molecule has 118 valence electrons. The summed E-state index contributed by atoms with van der Waals surface area (Å²) in [5, 5.41) is 4.64. The summed E-state index contributed by atoms with van der Waals surface area (Å²) in [6.07, 6.45) is 0.237. The highest BCUT2D eigenvalue weighted by Crippen LogP contribution is 2.23. The van der Waals surface area contributed by atoms with E-state index in [0.717, 1.165) is 22.1 Å². The molecular weight excluding hydrogens is 312 g/mol. The van der Waals surface area contributed by atoms with Gasteiger partial charge in [-0.3, -0.25) is 4.79 Å². The van der Waals surface area contributed by atoms with Gasteiger partial charge in [-0.1, -0.05) is 12.1 Å². The Balaban J connectivity index is 1.84. The third-order valence-electron chi connectivity index (χ3n) is 3.83. The lowest BCUT2D eigenvalue weighted by atomic mass is 10.0. The van der Waals surface area contributed by atoms with Gasteiger partial charge in [-0.15, -0.1) is 0 Å². The smallest absolute Gasteiger partial charge is 0.336 e. The zero-order chi connectivity index (χ0) is 16.4. The Morgan fingerprint density at radius 2 is 2.09 bits per heavy atom. The molecule has 0 N–H and O–H groups in total. The number of rotatable bonds is 4. The quantitative estimate of drug-likeness (QED) is 0.540. The fourth-order valence-corrected chi connectivity index (χ4v) is 3.08. The summed E-state index contributed by atoms with van der Waals surface area (Å²) < 4.78 is 10.6.